The van der Waals surface area contributed by atoms with Crippen LogP contribution >= 0.6 is 0 Å². The minimum Gasteiger partial charge on any atom is -0.480 e. The predicted octanol–water partition coefficient (Wildman–Crippen LogP) is 1.33. The molecule has 0 aromatic carbocycles. The van der Waals surface area contributed by atoms with Gasteiger partial charge in [0.15, 0.2) is 0 Å². The van der Waals surface area contributed by atoms with Crippen LogP contribution in [0.1, 0.15) is 18.6 Å². The lowest BCUT2D eigenvalue weighted by atomic mass is 10.2. The number of aliphatic carboxylic acids is 1. The van der Waals surface area contributed by atoms with E-state index >= 15 is 0 Å². The Morgan fingerprint density at radius 2 is 2.57 bits per heavy atom. The molecule has 14 heavy (non-hydrogen) atoms. The van der Waals surface area contributed by atoms with Gasteiger partial charge in [-0.2, -0.15) is 0 Å². The highest BCUT2D eigenvalue weighted by atomic mass is 16.4. The molecule has 4 heteroatoms. The molecule has 0 radical (unpaired) electrons. The Morgan fingerprint density at radius 3 is 3.21 bits per heavy atom. The van der Waals surface area contributed by atoms with E-state index in [1.54, 1.807) is 6.26 Å². The van der Waals surface area contributed by atoms with Gasteiger partial charge in [-0.3, -0.25) is 9.69 Å². The highest BCUT2D eigenvalue weighted by Gasteiger charge is 2.30. The molecule has 1 aromatic heterocycles. The van der Waals surface area contributed by atoms with E-state index < -0.39 is 5.97 Å². The summed E-state index contributed by atoms with van der Waals surface area (Å²) in [5, 5.41) is 8.94. The third-order valence-corrected chi connectivity index (χ3v) is 2.59. The van der Waals surface area contributed by atoms with Crippen LogP contribution in [0.3, 0.4) is 0 Å². The van der Waals surface area contributed by atoms with Gasteiger partial charge in [0.2, 0.25) is 0 Å². The van der Waals surface area contributed by atoms with Gasteiger partial charge in [-0.1, -0.05) is 0 Å². The fourth-order valence-electron chi connectivity index (χ4n) is 1.90. The fraction of sp³-hybridized carbons (Fsp3) is 0.500. The molecule has 76 valence electrons. The Labute approximate surface area is 82.1 Å². The molecule has 1 saturated heterocycles. The summed E-state index contributed by atoms with van der Waals surface area (Å²) in [7, 11) is 0. The van der Waals surface area contributed by atoms with Crippen molar-refractivity contribution in [1.29, 1.82) is 0 Å². The van der Waals surface area contributed by atoms with Crippen LogP contribution in [0.4, 0.5) is 0 Å². The second-order valence-corrected chi connectivity index (χ2v) is 3.55. The normalized spacial score (nSPS) is 22.7. The number of carbonyl (C=O) groups is 1. The summed E-state index contributed by atoms with van der Waals surface area (Å²) in [5.74, 6) is 0.104. The summed E-state index contributed by atoms with van der Waals surface area (Å²) in [6.45, 7) is 1.45. The van der Waals surface area contributed by atoms with Gasteiger partial charge >= 0.3 is 5.97 Å². The zero-order valence-electron chi connectivity index (χ0n) is 7.85. The van der Waals surface area contributed by atoms with E-state index in [2.05, 4.69) is 0 Å². The van der Waals surface area contributed by atoms with Crippen molar-refractivity contribution in [3.8, 4) is 0 Å². The standard InChI is InChI=1S/C10H13NO3/c12-10(13)9-4-1-5-11(9)7-8-3-2-6-14-8/h2-3,6,9H,1,4-5,7H2,(H,12,13)/t9-/m1/s1. The number of carboxylic acids is 1. The Balaban J connectivity index is 2.00. The zero-order chi connectivity index (χ0) is 9.97. The minimum atomic E-state index is -0.728. The van der Waals surface area contributed by atoms with E-state index in [0.29, 0.717) is 6.54 Å². The lowest BCUT2D eigenvalue weighted by Gasteiger charge is -2.19. The Kier molecular flexibility index (Phi) is 2.54. The highest BCUT2D eigenvalue weighted by Crippen LogP contribution is 2.20. The Hall–Kier alpha value is -1.29. The van der Waals surface area contributed by atoms with Crippen LogP contribution < -0.4 is 0 Å². The molecule has 2 rings (SSSR count). The number of carboxylic acid groups (broad SMARTS) is 1. The van der Waals surface area contributed by atoms with E-state index in [1.807, 2.05) is 17.0 Å². The third kappa shape index (κ3) is 1.80. The monoisotopic (exact) mass is 195 g/mol. The van der Waals surface area contributed by atoms with Gasteiger partial charge in [0, 0.05) is 0 Å². The molecule has 0 unspecified atom stereocenters. The molecule has 0 spiro atoms. The van der Waals surface area contributed by atoms with Crippen LogP contribution in [0.2, 0.25) is 0 Å². The predicted molar refractivity (Wildman–Crippen MR) is 49.8 cm³/mol. The minimum absolute atomic E-state index is 0.333. The Bertz CT molecular complexity index is 307. The first-order valence-electron chi connectivity index (χ1n) is 4.76. The van der Waals surface area contributed by atoms with Crippen molar-refractivity contribution < 1.29 is 14.3 Å². The molecular formula is C10H13NO3. The van der Waals surface area contributed by atoms with E-state index in [0.717, 1.165) is 25.1 Å². The van der Waals surface area contributed by atoms with Gasteiger partial charge in [-0.05, 0) is 31.5 Å². The van der Waals surface area contributed by atoms with E-state index in [-0.39, 0.29) is 6.04 Å². The number of hydrogen-bond donors (Lipinski definition) is 1. The molecule has 1 aliphatic heterocycles. The summed E-state index contributed by atoms with van der Waals surface area (Å²) in [6, 6.07) is 3.36. The molecule has 1 aromatic rings. The largest absolute Gasteiger partial charge is 0.480 e. The average Bonchev–Trinajstić information content (AvgIpc) is 2.75. The van der Waals surface area contributed by atoms with Crippen LogP contribution in [-0.2, 0) is 11.3 Å². The van der Waals surface area contributed by atoms with Crippen molar-refractivity contribution in [2.45, 2.75) is 25.4 Å². The summed E-state index contributed by atoms with van der Waals surface area (Å²) in [4.78, 5) is 12.8. The molecule has 1 fully saturated rings. The number of rotatable bonds is 3. The smallest absolute Gasteiger partial charge is 0.320 e. The molecule has 4 nitrogen and oxygen atoms in total. The van der Waals surface area contributed by atoms with Crippen molar-refractivity contribution in [2.24, 2.45) is 0 Å². The number of nitrogens with zero attached hydrogens (tertiary/aromatic N) is 1. The van der Waals surface area contributed by atoms with Gasteiger partial charge in [0.05, 0.1) is 12.8 Å². The molecule has 0 saturated carbocycles. The highest BCUT2D eigenvalue weighted by molar-refractivity contribution is 5.73. The van der Waals surface area contributed by atoms with Crippen molar-refractivity contribution in [3.05, 3.63) is 24.2 Å². The average molecular weight is 195 g/mol. The second kappa shape index (κ2) is 3.84. The van der Waals surface area contributed by atoms with Crippen LogP contribution in [-0.4, -0.2) is 28.6 Å². The summed E-state index contributed by atoms with van der Waals surface area (Å²) in [5.41, 5.74) is 0. The van der Waals surface area contributed by atoms with Gasteiger partial charge < -0.3 is 9.52 Å². The molecule has 1 aliphatic rings. The van der Waals surface area contributed by atoms with E-state index in [9.17, 15) is 4.79 Å². The van der Waals surface area contributed by atoms with Gasteiger partial charge in [-0.25, -0.2) is 0 Å². The summed E-state index contributed by atoms with van der Waals surface area (Å²) < 4.78 is 5.19. The molecule has 1 N–H and O–H groups in total. The number of likely N-dealkylation sites (tertiary alicyclic amines) is 1. The molecular weight excluding hydrogens is 182 g/mol. The van der Waals surface area contributed by atoms with Crippen LogP contribution in [0.25, 0.3) is 0 Å². The first-order valence-corrected chi connectivity index (χ1v) is 4.76. The van der Waals surface area contributed by atoms with Gasteiger partial charge in [-0.15, -0.1) is 0 Å². The fourth-order valence-corrected chi connectivity index (χ4v) is 1.90. The number of furan rings is 1. The van der Waals surface area contributed by atoms with Crippen LogP contribution in [0.5, 0.6) is 0 Å². The van der Waals surface area contributed by atoms with Gasteiger partial charge in [0.25, 0.3) is 0 Å². The maximum absolute atomic E-state index is 10.9. The topological polar surface area (TPSA) is 53.7 Å². The van der Waals surface area contributed by atoms with Crippen LogP contribution in [0.15, 0.2) is 22.8 Å². The van der Waals surface area contributed by atoms with Crippen molar-refractivity contribution in [1.82, 2.24) is 4.90 Å². The van der Waals surface area contributed by atoms with Crippen molar-refractivity contribution in [2.75, 3.05) is 6.54 Å². The molecule has 0 amide bonds. The van der Waals surface area contributed by atoms with Crippen molar-refractivity contribution >= 4 is 5.97 Å². The third-order valence-electron chi connectivity index (χ3n) is 2.59. The van der Waals surface area contributed by atoms with Crippen molar-refractivity contribution in [3.63, 3.8) is 0 Å². The quantitative estimate of drug-likeness (QED) is 0.790. The SMILES string of the molecule is O=C(O)[C@H]1CCCN1Cc1ccco1. The number of hydrogen-bond acceptors (Lipinski definition) is 3. The Morgan fingerprint density at radius 1 is 1.71 bits per heavy atom. The van der Waals surface area contributed by atoms with Crippen LogP contribution in [0, 0.1) is 0 Å². The van der Waals surface area contributed by atoms with E-state index in [4.69, 9.17) is 9.52 Å². The molecule has 0 aliphatic carbocycles. The molecule has 2 heterocycles. The summed E-state index contributed by atoms with van der Waals surface area (Å²) in [6.07, 6.45) is 3.31. The van der Waals surface area contributed by atoms with E-state index in [1.165, 1.54) is 0 Å². The summed E-state index contributed by atoms with van der Waals surface area (Å²) >= 11 is 0. The first kappa shape index (κ1) is 9.27. The zero-order valence-corrected chi connectivity index (χ0v) is 7.85. The molecule has 0 bridgehead atoms. The lowest BCUT2D eigenvalue weighted by molar-refractivity contribution is -0.142. The molecule has 1 atom stereocenters. The second-order valence-electron chi connectivity index (χ2n) is 3.55. The first-order chi connectivity index (χ1) is 6.77. The van der Waals surface area contributed by atoms with Gasteiger partial charge in [0.1, 0.15) is 11.8 Å². The maximum Gasteiger partial charge on any atom is 0.320 e. The maximum atomic E-state index is 10.9. The lowest BCUT2D eigenvalue weighted by Crippen LogP contribution is -2.35.